The summed E-state index contributed by atoms with van der Waals surface area (Å²) in [7, 11) is 0. The summed E-state index contributed by atoms with van der Waals surface area (Å²) in [6.45, 7) is 6.73. The van der Waals surface area contributed by atoms with Crippen LogP contribution in [-0.4, -0.2) is 16.1 Å². The van der Waals surface area contributed by atoms with Crippen molar-refractivity contribution < 1.29 is 0 Å². The second-order valence-electron chi connectivity index (χ2n) is 4.31. The van der Waals surface area contributed by atoms with Gasteiger partial charge in [-0.25, -0.2) is 4.98 Å². The Kier molecular flexibility index (Phi) is 2.87. The third kappa shape index (κ3) is 1.82. The third-order valence-corrected chi connectivity index (χ3v) is 2.92. The molecule has 14 heavy (non-hydrogen) atoms. The molecule has 3 nitrogen and oxygen atoms in total. The number of hydrogen-bond donors (Lipinski definition) is 1. The Labute approximate surface area is 85.5 Å². The van der Waals surface area contributed by atoms with Gasteiger partial charge in [-0.1, -0.05) is 13.8 Å². The smallest absolute Gasteiger partial charge is 0.0948 e. The molecule has 1 fully saturated rings. The van der Waals surface area contributed by atoms with Gasteiger partial charge in [0.2, 0.25) is 0 Å². The highest BCUT2D eigenvalue weighted by Crippen LogP contribution is 2.26. The van der Waals surface area contributed by atoms with E-state index >= 15 is 0 Å². The minimum Gasteiger partial charge on any atom is -0.333 e. The van der Waals surface area contributed by atoms with Crippen LogP contribution in [-0.2, 0) is 6.54 Å². The van der Waals surface area contributed by atoms with Crippen LogP contribution in [0.25, 0.3) is 0 Å². The summed E-state index contributed by atoms with van der Waals surface area (Å²) in [6, 6.07) is 0.527. The molecule has 1 aromatic heterocycles. The topological polar surface area (TPSA) is 29.9 Å². The molecule has 78 valence electrons. The molecule has 0 aromatic carbocycles. The number of hydrogen-bond acceptors (Lipinski definition) is 2. The average Bonchev–Trinajstić information content (AvgIpc) is 2.74. The molecule has 0 bridgehead atoms. The fraction of sp³-hybridized carbons (Fsp3) is 0.727. The molecule has 1 aromatic rings. The normalized spacial score (nSPS) is 27.0. The van der Waals surface area contributed by atoms with Crippen LogP contribution >= 0.6 is 0 Å². The lowest BCUT2D eigenvalue weighted by Crippen LogP contribution is -2.16. The highest BCUT2D eigenvalue weighted by Gasteiger charge is 2.24. The summed E-state index contributed by atoms with van der Waals surface area (Å²) in [5.74, 6) is 0.796. The Morgan fingerprint density at radius 3 is 3.14 bits per heavy atom. The predicted octanol–water partition coefficient (Wildman–Crippen LogP) is 1.96. The number of imidazole rings is 1. The first-order valence-electron chi connectivity index (χ1n) is 5.54. The monoisotopic (exact) mass is 193 g/mol. The van der Waals surface area contributed by atoms with E-state index in [0.29, 0.717) is 6.04 Å². The largest absolute Gasteiger partial charge is 0.333 e. The van der Waals surface area contributed by atoms with Crippen LogP contribution in [0.5, 0.6) is 0 Å². The Bertz CT molecular complexity index is 292. The first-order valence-corrected chi connectivity index (χ1v) is 5.54. The zero-order chi connectivity index (χ0) is 9.97. The first kappa shape index (κ1) is 9.71. The molecule has 2 atom stereocenters. The number of nitrogens with zero attached hydrogens (tertiary/aromatic N) is 2. The SMILES string of the molecule is CCCn1cncc1C1CC(C)CN1. The third-order valence-electron chi connectivity index (χ3n) is 2.92. The lowest BCUT2D eigenvalue weighted by atomic mass is 10.1. The summed E-state index contributed by atoms with van der Waals surface area (Å²) in [5.41, 5.74) is 1.36. The highest BCUT2D eigenvalue weighted by atomic mass is 15.1. The minimum atomic E-state index is 0.527. The van der Waals surface area contributed by atoms with Gasteiger partial charge in [-0.15, -0.1) is 0 Å². The fourth-order valence-corrected chi connectivity index (χ4v) is 2.19. The van der Waals surface area contributed by atoms with E-state index < -0.39 is 0 Å². The molecular formula is C11H19N3. The van der Waals surface area contributed by atoms with Gasteiger partial charge in [0.1, 0.15) is 0 Å². The number of nitrogens with one attached hydrogen (secondary N) is 1. The molecule has 0 spiro atoms. The molecule has 0 aliphatic carbocycles. The van der Waals surface area contributed by atoms with Gasteiger partial charge in [-0.2, -0.15) is 0 Å². The zero-order valence-corrected chi connectivity index (χ0v) is 9.03. The fourth-order valence-electron chi connectivity index (χ4n) is 2.19. The Morgan fingerprint density at radius 1 is 1.64 bits per heavy atom. The molecule has 2 heterocycles. The minimum absolute atomic E-state index is 0.527. The molecule has 0 amide bonds. The summed E-state index contributed by atoms with van der Waals surface area (Å²) in [4.78, 5) is 4.23. The van der Waals surface area contributed by atoms with Crippen molar-refractivity contribution in [2.45, 2.75) is 39.3 Å². The average molecular weight is 193 g/mol. The Morgan fingerprint density at radius 2 is 2.50 bits per heavy atom. The van der Waals surface area contributed by atoms with Crippen molar-refractivity contribution in [2.24, 2.45) is 5.92 Å². The second-order valence-corrected chi connectivity index (χ2v) is 4.31. The molecule has 1 aliphatic heterocycles. The Balaban J connectivity index is 2.11. The van der Waals surface area contributed by atoms with Crippen molar-refractivity contribution in [3.8, 4) is 0 Å². The maximum absolute atomic E-state index is 4.23. The predicted molar refractivity (Wildman–Crippen MR) is 57.0 cm³/mol. The van der Waals surface area contributed by atoms with Crippen LogP contribution in [0.1, 0.15) is 38.4 Å². The molecule has 1 saturated heterocycles. The first-order chi connectivity index (χ1) is 6.81. The van der Waals surface area contributed by atoms with Gasteiger partial charge in [0, 0.05) is 18.8 Å². The molecule has 1 N–H and O–H groups in total. The Hall–Kier alpha value is -0.830. The van der Waals surface area contributed by atoms with Crippen molar-refractivity contribution in [1.29, 1.82) is 0 Å². The van der Waals surface area contributed by atoms with Gasteiger partial charge >= 0.3 is 0 Å². The molecule has 2 unspecified atom stereocenters. The molecule has 3 heteroatoms. The number of aryl methyl sites for hydroxylation is 1. The quantitative estimate of drug-likeness (QED) is 0.795. The van der Waals surface area contributed by atoms with Crippen LogP contribution in [0.3, 0.4) is 0 Å². The van der Waals surface area contributed by atoms with Crippen molar-refractivity contribution in [2.75, 3.05) is 6.54 Å². The van der Waals surface area contributed by atoms with E-state index in [4.69, 9.17) is 0 Å². The van der Waals surface area contributed by atoms with Crippen molar-refractivity contribution in [1.82, 2.24) is 14.9 Å². The second kappa shape index (κ2) is 4.13. The molecule has 0 radical (unpaired) electrons. The molecule has 2 rings (SSSR count). The molecular weight excluding hydrogens is 174 g/mol. The van der Waals surface area contributed by atoms with E-state index in [1.807, 2.05) is 12.5 Å². The van der Waals surface area contributed by atoms with Crippen LogP contribution < -0.4 is 5.32 Å². The lowest BCUT2D eigenvalue weighted by molar-refractivity contribution is 0.547. The summed E-state index contributed by atoms with van der Waals surface area (Å²) in [6.07, 6.45) is 6.37. The van der Waals surface area contributed by atoms with Crippen molar-refractivity contribution in [3.63, 3.8) is 0 Å². The van der Waals surface area contributed by atoms with E-state index in [-0.39, 0.29) is 0 Å². The molecule has 0 saturated carbocycles. The van der Waals surface area contributed by atoms with Crippen LogP contribution in [0, 0.1) is 5.92 Å². The zero-order valence-electron chi connectivity index (χ0n) is 9.03. The maximum Gasteiger partial charge on any atom is 0.0948 e. The number of rotatable bonds is 3. The van der Waals surface area contributed by atoms with E-state index in [2.05, 4.69) is 28.7 Å². The maximum atomic E-state index is 4.23. The van der Waals surface area contributed by atoms with Gasteiger partial charge in [0.15, 0.2) is 0 Å². The van der Waals surface area contributed by atoms with Crippen molar-refractivity contribution >= 4 is 0 Å². The van der Waals surface area contributed by atoms with Gasteiger partial charge in [-0.05, 0) is 25.3 Å². The highest BCUT2D eigenvalue weighted by molar-refractivity contribution is 5.07. The molecule has 1 aliphatic rings. The van der Waals surface area contributed by atoms with Crippen LogP contribution in [0.15, 0.2) is 12.5 Å². The van der Waals surface area contributed by atoms with E-state index in [9.17, 15) is 0 Å². The van der Waals surface area contributed by atoms with Crippen LogP contribution in [0.2, 0.25) is 0 Å². The number of aromatic nitrogens is 2. The standard InChI is InChI=1S/C11H19N3/c1-3-4-14-8-12-7-11(14)10-5-9(2)6-13-10/h7-10,13H,3-6H2,1-2H3. The lowest BCUT2D eigenvalue weighted by Gasteiger charge is -2.13. The van der Waals surface area contributed by atoms with Gasteiger partial charge < -0.3 is 9.88 Å². The summed E-state index contributed by atoms with van der Waals surface area (Å²) >= 11 is 0. The van der Waals surface area contributed by atoms with E-state index in [0.717, 1.165) is 19.0 Å². The van der Waals surface area contributed by atoms with Crippen molar-refractivity contribution in [3.05, 3.63) is 18.2 Å². The van der Waals surface area contributed by atoms with Gasteiger partial charge in [0.05, 0.1) is 12.0 Å². The summed E-state index contributed by atoms with van der Waals surface area (Å²) in [5, 5.41) is 3.55. The summed E-state index contributed by atoms with van der Waals surface area (Å²) < 4.78 is 2.27. The van der Waals surface area contributed by atoms with E-state index in [1.54, 1.807) is 0 Å². The van der Waals surface area contributed by atoms with Gasteiger partial charge in [0.25, 0.3) is 0 Å². The van der Waals surface area contributed by atoms with Crippen LogP contribution in [0.4, 0.5) is 0 Å². The van der Waals surface area contributed by atoms with E-state index in [1.165, 1.54) is 18.5 Å². The van der Waals surface area contributed by atoms with Gasteiger partial charge in [-0.3, -0.25) is 0 Å².